The highest BCUT2D eigenvalue weighted by Crippen LogP contribution is 2.26. The molecule has 0 heterocycles. The molecule has 0 unspecified atom stereocenters. The second-order valence-electron chi connectivity index (χ2n) is 5.03. The molecule has 0 bridgehead atoms. The SMILES string of the molecule is Nc1ccc(Br)c(NC(=O)c2ccc3c(c2)CCC3)c1. The number of fused-ring (bicyclic) bond motifs is 1. The molecule has 3 nitrogen and oxygen atoms in total. The first-order valence-electron chi connectivity index (χ1n) is 6.61. The van der Waals surface area contributed by atoms with E-state index in [0.29, 0.717) is 16.9 Å². The average Bonchev–Trinajstić information content (AvgIpc) is 2.90. The molecule has 0 saturated carbocycles. The molecular weight excluding hydrogens is 316 g/mol. The number of benzene rings is 2. The van der Waals surface area contributed by atoms with Gasteiger partial charge in [-0.15, -0.1) is 0 Å². The molecule has 1 amide bonds. The van der Waals surface area contributed by atoms with E-state index in [4.69, 9.17) is 5.73 Å². The molecule has 20 heavy (non-hydrogen) atoms. The van der Waals surface area contributed by atoms with Gasteiger partial charge in [0.1, 0.15) is 0 Å². The van der Waals surface area contributed by atoms with Gasteiger partial charge in [-0.2, -0.15) is 0 Å². The first kappa shape index (κ1) is 13.2. The highest BCUT2D eigenvalue weighted by atomic mass is 79.9. The lowest BCUT2D eigenvalue weighted by Gasteiger charge is -2.09. The maximum atomic E-state index is 12.3. The number of nitrogen functional groups attached to an aromatic ring is 1. The standard InChI is InChI=1S/C16H15BrN2O/c17-14-7-6-13(18)9-15(14)19-16(20)12-5-4-10-2-1-3-11(10)8-12/h4-9H,1-3,18H2,(H,19,20). The van der Waals surface area contributed by atoms with Crippen molar-refractivity contribution in [3.63, 3.8) is 0 Å². The number of carbonyl (C=O) groups is 1. The molecule has 0 aliphatic heterocycles. The zero-order valence-corrected chi connectivity index (χ0v) is 12.5. The van der Waals surface area contributed by atoms with Gasteiger partial charge in [0.25, 0.3) is 5.91 Å². The van der Waals surface area contributed by atoms with Crippen LogP contribution in [0.25, 0.3) is 0 Å². The molecule has 1 aliphatic carbocycles. The second-order valence-corrected chi connectivity index (χ2v) is 5.88. The number of amides is 1. The van der Waals surface area contributed by atoms with Crippen LogP contribution in [0.2, 0.25) is 0 Å². The van der Waals surface area contributed by atoms with Crippen LogP contribution in [0, 0.1) is 0 Å². The molecule has 2 aromatic rings. The topological polar surface area (TPSA) is 55.1 Å². The molecule has 2 aromatic carbocycles. The molecule has 0 atom stereocenters. The molecule has 0 spiro atoms. The third kappa shape index (κ3) is 2.56. The Morgan fingerprint density at radius 2 is 1.90 bits per heavy atom. The molecule has 0 fully saturated rings. The van der Waals surface area contributed by atoms with Crippen LogP contribution in [-0.2, 0) is 12.8 Å². The lowest BCUT2D eigenvalue weighted by Crippen LogP contribution is -2.13. The van der Waals surface area contributed by atoms with Crippen molar-refractivity contribution >= 4 is 33.2 Å². The minimum Gasteiger partial charge on any atom is -0.399 e. The van der Waals surface area contributed by atoms with Gasteiger partial charge in [-0.1, -0.05) is 6.07 Å². The fourth-order valence-electron chi connectivity index (χ4n) is 2.55. The van der Waals surface area contributed by atoms with Crippen molar-refractivity contribution in [3.05, 3.63) is 57.6 Å². The van der Waals surface area contributed by atoms with E-state index < -0.39 is 0 Å². The monoisotopic (exact) mass is 330 g/mol. The summed E-state index contributed by atoms with van der Waals surface area (Å²) in [6.45, 7) is 0. The van der Waals surface area contributed by atoms with Crippen molar-refractivity contribution in [2.24, 2.45) is 0 Å². The van der Waals surface area contributed by atoms with Crippen molar-refractivity contribution in [3.8, 4) is 0 Å². The van der Waals surface area contributed by atoms with E-state index in [2.05, 4.69) is 27.3 Å². The number of rotatable bonds is 2. The summed E-state index contributed by atoms with van der Waals surface area (Å²) in [6, 6.07) is 11.3. The number of nitrogens with one attached hydrogen (secondary N) is 1. The highest BCUT2D eigenvalue weighted by Gasteiger charge is 2.14. The summed E-state index contributed by atoms with van der Waals surface area (Å²) in [7, 11) is 0. The van der Waals surface area contributed by atoms with E-state index in [1.165, 1.54) is 17.5 Å². The largest absolute Gasteiger partial charge is 0.399 e. The van der Waals surface area contributed by atoms with Crippen LogP contribution in [0.3, 0.4) is 0 Å². The Kier molecular flexibility index (Phi) is 3.49. The Hall–Kier alpha value is -1.81. The summed E-state index contributed by atoms with van der Waals surface area (Å²) in [5.41, 5.74) is 10.4. The molecular formula is C16H15BrN2O. The Labute approximate surface area is 126 Å². The van der Waals surface area contributed by atoms with E-state index in [9.17, 15) is 4.79 Å². The van der Waals surface area contributed by atoms with Gasteiger partial charge >= 0.3 is 0 Å². The summed E-state index contributed by atoms with van der Waals surface area (Å²) in [6.07, 6.45) is 3.37. The maximum Gasteiger partial charge on any atom is 0.255 e. The minimum absolute atomic E-state index is 0.106. The second kappa shape index (κ2) is 5.29. The number of hydrogen-bond donors (Lipinski definition) is 2. The molecule has 0 aromatic heterocycles. The molecule has 1 aliphatic rings. The Morgan fingerprint density at radius 3 is 2.75 bits per heavy atom. The third-order valence-electron chi connectivity index (χ3n) is 3.60. The first-order valence-corrected chi connectivity index (χ1v) is 7.41. The average molecular weight is 331 g/mol. The van der Waals surface area contributed by atoms with Gasteiger partial charge in [0, 0.05) is 15.7 Å². The van der Waals surface area contributed by atoms with Crippen molar-refractivity contribution in [2.45, 2.75) is 19.3 Å². The Morgan fingerprint density at radius 1 is 1.10 bits per heavy atom. The van der Waals surface area contributed by atoms with Gasteiger partial charge in [0.15, 0.2) is 0 Å². The van der Waals surface area contributed by atoms with Crippen molar-refractivity contribution < 1.29 is 4.79 Å². The van der Waals surface area contributed by atoms with E-state index in [1.807, 2.05) is 18.2 Å². The van der Waals surface area contributed by atoms with Gasteiger partial charge in [0.05, 0.1) is 5.69 Å². The van der Waals surface area contributed by atoms with Gasteiger partial charge in [-0.3, -0.25) is 4.79 Å². The van der Waals surface area contributed by atoms with Crippen LogP contribution in [-0.4, -0.2) is 5.91 Å². The molecule has 4 heteroatoms. The van der Waals surface area contributed by atoms with E-state index in [0.717, 1.165) is 17.3 Å². The predicted molar refractivity (Wildman–Crippen MR) is 85.0 cm³/mol. The zero-order chi connectivity index (χ0) is 14.1. The summed E-state index contributed by atoms with van der Waals surface area (Å²) in [5, 5.41) is 2.89. The predicted octanol–water partition coefficient (Wildman–Crippen LogP) is 3.77. The zero-order valence-electron chi connectivity index (χ0n) is 10.9. The maximum absolute atomic E-state index is 12.3. The summed E-state index contributed by atoms with van der Waals surface area (Å²) in [5.74, 6) is -0.106. The Bertz CT molecular complexity index is 682. The molecule has 3 N–H and O–H groups in total. The quantitative estimate of drug-likeness (QED) is 0.823. The number of carbonyl (C=O) groups excluding carboxylic acids is 1. The molecule has 102 valence electrons. The number of anilines is 2. The van der Waals surface area contributed by atoms with Crippen LogP contribution >= 0.6 is 15.9 Å². The van der Waals surface area contributed by atoms with Crippen molar-refractivity contribution in [2.75, 3.05) is 11.1 Å². The van der Waals surface area contributed by atoms with E-state index in [1.54, 1.807) is 12.1 Å². The van der Waals surface area contributed by atoms with Gasteiger partial charge in [-0.25, -0.2) is 0 Å². The van der Waals surface area contributed by atoms with E-state index in [-0.39, 0.29) is 5.91 Å². The minimum atomic E-state index is -0.106. The normalized spacial score (nSPS) is 13.1. The van der Waals surface area contributed by atoms with Crippen LogP contribution in [0.4, 0.5) is 11.4 Å². The number of aryl methyl sites for hydroxylation is 2. The van der Waals surface area contributed by atoms with Crippen LogP contribution in [0.1, 0.15) is 27.9 Å². The highest BCUT2D eigenvalue weighted by molar-refractivity contribution is 9.10. The van der Waals surface area contributed by atoms with Crippen LogP contribution in [0.15, 0.2) is 40.9 Å². The summed E-state index contributed by atoms with van der Waals surface area (Å²) >= 11 is 3.41. The van der Waals surface area contributed by atoms with E-state index >= 15 is 0 Å². The Balaban J connectivity index is 1.84. The van der Waals surface area contributed by atoms with Crippen LogP contribution < -0.4 is 11.1 Å². The van der Waals surface area contributed by atoms with Crippen LogP contribution in [0.5, 0.6) is 0 Å². The fourth-order valence-corrected chi connectivity index (χ4v) is 2.89. The number of hydrogen-bond acceptors (Lipinski definition) is 2. The molecule has 0 radical (unpaired) electrons. The third-order valence-corrected chi connectivity index (χ3v) is 4.29. The first-order chi connectivity index (χ1) is 9.63. The van der Waals surface area contributed by atoms with Gasteiger partial charge in [-0.05, 0) is 76.7 Å². The fraction of sp³-hybridized carbons (Fsp3) is 0.188. The summed E-state index contributed by atoms with van der Waals surface area (Å²) < 4.78 is 0.821. The van der Waals surface area contributed by atoms with Gasteiger partial charge in [0.2, 0.25) is 0 Å². The number of halogens is 1. The molecule has 0 saturated heterocycles. The lowest BCUT2D eigenvalue weighted by atomic mass is 10.1. The summed E-state index contributed by atoms with van der Waals surface area (Å²) in [4.78, 5) is 12.3. The van der Waals surface area contributed by atoms with Gasteiger partial charge < -0.3 is 11.1 Å². The molecule has 3 rings (SSSR count). The van der Waals surface area contributed by atoms with Crippen molar-refractivity contribution in [1.82, 2.24) is 0 Å². The smallest absolute Gasteiger partial charge is 0.255 e. The lowest BCUT2D eigenvalue weighted by molar-refractivity contribution is 0.102. The van der Waals surface area contributed by atoms with Crippen molar-refractivity contribution in [1.29, 1.82) is 0 Å². The number of nitrogens with two attached hydrogens (primary N) is 1.